The molecule has 3 saturated carbocycles. The van der Waals surface area contributed by atoms with E-state index in [0.29, 0.717) is 28.9 Å². The van der Waals surface area contributed by atoms with Gasteiger partial charge in [-0.25, -0.2) is 4.98 Å². The normalized spacial score (nSPS) is 33.5. The van der Waals surface area contributed by atoms with E-state index < -0.39 is 0 Å². The van der Waals surface area contributed by atoms with Crippen LogP contribution in [0, 0.1) is 24.2 Å². The van der Waals surface area contributed by atoms with Crippen molar-refractivity contribution in [2.45, 2.75) is 50.2 Å². The Morgan fingerprint density at radius 1 is 1.25 bits per heavy atom. The molecule has 1 amide bonds. The maximum atomic E-state index is 13.2. The largest absolute Gasteiger partial charge is 0.328 e. The SMILES string of the molecule is O=C(C1CC1)N1C(C2CC2)CNC(C2[CH]C2)C1c1cncc(Cl)n1. The van der Waals surface area contributed by atoms with Crippen molar-refractivity contribution < 1.29 is 4.79 Å². The Balaban J connectivity index is 1.55. The topological polar surface area (TPSA) is 58.1 Å². The first-order chi connectivity index (χ1) is 11.7. The average Bonchev–Trinajstić information content (AvgIpc) is 3.46. The van der Waals surface area contributed by atoms with Crippen molar-refractivity contribution in [2.24, 2.45) is 17.8 Å². The van der Waals surface area contributed by atoms with Crippen LogP contribution in [0.1, 0.15) is 43.8 Å². The van der Waals surface area contributed by atoms with Crippen LogP contribution in [-0.4, -0.2) is 39.4 Å². The summed E-state index contributed by atoms with van der Waals surface area (Å²) >= 11 is 6.12. The predicted octanol–water partition coefficient (Wildman–Crippen LogP) is 2.38. The molecule has 1 N–H and O–H groups in total. The molecule has 4 unspecified atom stereocenters. The fraction of sp³-hybridized carbons (Fsp3) is 0.667. The van der Waals surface area contributed by atoms with Gasteiger partial charge in [0.2, 0.25) is 5.91 Å². The summed E-state index contributed by atoms with van der Waals surface area (Å²) in [4.78, 5) is 24.1. The molecule has 6 heteroatoms. The van der Waals surface area contributed by atoms with Crippen LogP contribution in [0.15, 0.2) is 12.4 Å². The molecule has 1 aromatic heterocycles. The maximum Gasteiger partial charge on any atom is 0.226 e. The molecule has 4 atom stereocenters. The number of nitrogens with zero attached hydrogens (tertiary/aromatic N) is 3. The van der Waals surface area contributed by atoms with Gasteiger partial charge in [0.1, 0.15) is 5.15 Å². The van der Waals surface area contributed by atoms with Crippen molar-refractivity contribution in [3.63, 3.8) is 0 Å². The van der Waals surface area contributed by atoms with E-state index in [1.165, 1.54) is 12.8 Å². The zero-order chi connectivity index (χ0) is 16.3. The van der Waals surface area contributed by atoms with Crippen LogP contribution in [-0.2, 0) is 4.79 Å². The van der Waals surface area contributed by atoms with Gasteiger partial charge in [-0.05, 0) is 50.4 Å². The zero-order valence-electron chi connectivity index (χ0n) is 13.6. The highest BCUT2D eigenvalue weighted by atomic mass is 35.5. The molecule has 4 aliphatic rings. The third kappa shape index (κ3) is 2.72. The van der Waals surface area contributed by atoms with Crippen molar-refractivity contribution >= 4 is 17.5 Å². The number of amides is 1. The van der Waals surface area contributed by atoms with Crippen LogP contribution in [0.4, 0.5) is 0 Å². The molecule has 1 radical (unpaired) electrons. The summed E-state index contributed by atoms with van der Waals surface area (Å²) in [5.41, 5.74) is 0.833. The van der Waals surface area contributed by atoms with Gasteiger partial charge in [-0.15, -0.1) is 0 Å². The lowest BCUT2D eigenvalue weighted by molar-refractivity contribution is -0.142. The van der Waals surface area contributed by atoms with Crippen molar-refractivity contribution in [1.82, 2.24) is 20.2 Å². The number of carbonyl (C=O) groups is 1. The lowest BCUT2D eigenvalue weighted by Gasteiger charge is -2.47. The molecule has 0 spiro atoms. The van der Waals surface area contributed by atoms with E-state index in [4.69, 9.17) is 11.6 Å². The second-order valence-electron chi connectivity index (χ2n) is 7.71. The third-order valence-electron chi connectivity index (χ3n) is 5.80. The van der Waals surface area contributed by atoms with Crippen LogP contribution >= 0.6 is 11.6 Å². The summed E-state index contributed by atoms with van der Waals surface area (Å²) in [5.74, 6) is 1.71. The van der Waals surface area contributed by atoms with Crippen LogP contribution in [0.3, 0.4) is 0 Å². The molecule has 1 aromatic rings. The first-order valence-electron chi connectivity index (χ1n) is 9.08. The minimum atomic E-state index is -0.0487. The molecule has 0 aromatic carbocycles. The van der Waals surface area contributed by atoms with Crippen LogP contribution in [0.5, 0.6) is 0 Å². The first kappa shape index (κ1) is 15.1. The zero-order valence-corrected chi connectivity index (χ0v) is 14.3. The molecule has 4 fully saturated rings. The van der Waals surface area contributed by atoms with Gasteiger partial charge in [-0.2, -0.15) is 0 Å². The van der Waals surface area contributed by atoms with E-state index in [2.05, 4.69) is 26.6 Å². The van der Waals surface area contributed by atoms with Gasteiger partial charge in [0.25, 0.3) is 0 Å². The van der Waals surface area contributed by atoms with E-state index in [0.717, 1.165) is 31.5 Å². The van der Waals surface area contributed by atoms with E-state index in [9.17, 15) is 4.79 Å². The average molecular weight is 346 g/mol. The number of piperazine rings is 1. The summed E-state index contributed by atoms with van der Waals surface area (Å²) in [5, 5.41) is 4.13. The number of carbonyl (C=O) groups excluding carboxylic acids is 1. The summed E-state index contributed by atoms with van der Waals surface area (Å²) in [6.07, 6.45) is 11.3. The van der Waals surface area contributed by atoms with Crippen molar-refractivity contribution in [3.05, 3.63) is 29.7 Å². The van der Waals surface area contributed by atoms with E-state index >= 15 is 0 Å². The number of hydrogen-bond donors (Lipinski definition) is 1. The smallest absolute Gasteiger partial charge is 0.226 e. The Bertz CT molecular complexity index is 656. The highest BCUT2D eigenvalue weighted by Gasteiger charge is 2.52. The van der Waals surface area contributed by atoms with Gasteiger partial charge < -0.3 is 10.2 Å². The third-order valence-corrected chi connectivity index (χ3v) is 5.99. The molecule has 1 aliphatic heterocycles. The highest BCUT2D eigenvalue weighted by molar-refractivity contribution is 6.29. The van der Waals surface area contributed by atoms with E-state index in [1.54, 1.807) is 12.4 Å². The van der Waals surface area contributed by atoms with E-state index in [1.807, 2.05) is 0 Å². The molecule has 1 saturated heterocycles. The Morgan fingerprint density at radius 2 is 2.04 bits per heavy atom. The number of nitrogens with one attached hydrogen (secondary N) is 1. The number of halogens is 1. The fourth-order valence-corrected chi connectivity index (χ4v) is 4.30. The maximum absolute atomic E-state index is 13.2. The number of aromatic nitrogens is 2. The summed E-state index contributed by atoms with van der Waals surface area (Å²) < 4.78 is 0. The molecule has 24 heavy (non-hydrogen) atoms. The van der Waals surface area contributed by atoms with Crippen LogP contribution in [0.25, 0.3) is 0 Å². The van der Waals surface area contributed by atoms with Crippen molar-refractivity contribution in [3.8, 4) is 0 Å². The monoisotopic (exact) mass is 345 g/mol. The fourth-order valence-electron chi connectivity index (χ4n) is 4.15. The molecule has 5 nitrogen and oxygen atoms in total. The Labute approximate surface area is 147 Å². The molecule has 3 aliphatic carbocycles. The lowest BCUT2D eigenvalue weighted by atomic mass is 9.91. The summed E-state index contributed by atoms with van der Waals surface area (Å²) in [6, 6.07) is 0.474. The summed E-state index contributed by atoms with van der Waals surface area (Å²) in [7, 11) is 0. The molecular formula is C18H22ClN4O. The number of rotatable bonds is 4. The predicted molar refractivity (Wildman–Crippen MR) is 90.1 cm³/mol. The minimum absolute atomic E-state index is 0.0487. The Kier molecular flexibility index (Phi) is 3.56. The van der Waals surface area contributed by atoms with Gasteiger partial charge in [0.15, 0.2) is 0 Å². The van der Waals surface area contributed by atoms with Gasteiger partial charge in [0, 0.05) is 24.5 Å². The standard InChI is InChI=1S/C18H22ClN4O/c19-15-9-20-7-13(22-15)17-16(11-3-4-11)21-8-14(10-1-2-10)23(17)18(24)12-5-6-12/h3,7,9-12,14,16-17,21H,1-2,4-6,8H2. The van der Waals surface area contributed by atoms with Gasteiger partial charge in [-0.1, -0.05) is 11.6 Å². The summed E-state index contributed by atoms with van der Waals surface area (Å²) in [6.45, 7) is 0.905. The molecule has 2 heterocycles. The van der Waals surface area contributed by atoms with Crippen molar-refractivity contribution in [1.29, 1.82) is 0 Å². The van der Waals surface area contributed by atoms with Gasteiger partial charge in [0.05, 0.1) is 24.1 Å². The van der Waals surface area contributed by atoms with E-state index in [-0.39, 0.29) is 18.0 Å². The quantitative estimate of drug-likeness (QED) is 0.910. The number of hydrogen-bond acceptors (Lipinski definition) is 4. The Morgan fingerprint density at radius 3 is 2.67 bits per heavy atom. The Hall–Kier alpha value is -1.20. The van der Waals surface area contributed by atoms with Crippen LogP contribution in [0.2, 0.25) is 5.15 Å². The lowest BCUT2D eigenvalue weighted by Crippen LogP contribution is -2.61. The second kappa shape index (κ2) is 5.67. The van der Waals surface area contributed by atoms with Crippen molar-refractivity contribution in [2.75, 3.05) is 6.54 Å². The first-order valence-corrected chi connectivity index (χ1v) is 9.46. The molecule has 127 valence electrons. The highest BCUT2D eigenvalue weighted by Crippen LogP contribution is 2.48. The van der Waals surface area contributed by atoms with Crippen LogP contribution < -0.4 is 5.32 Å². The minimum Gasteiger partial charge on any atom is -0.328 e. The second-order valence-corrected chi connectivity index (χ2v) is 8.09. The molecular weight excluding hydrogens is 324 g/mol. The molecule has 0 bridgehead atoms. The molecule has 5 rings (SSSR count). The van der Waals surface area contributed by atoms with Gasteiger partial charge in [-0.3, -0.25) is 9.78 Å². The van der Waals surface area contributed by atoms with Gasteiger partial charge >= 0.3 is 0 Å².